The van der Waals surface area contributed by atoms with Crippen molar-refractivity contribution >= 4 is 34.9 Å². The molecule has 0 amide bonds. The lowest BCUT2D eigenvalue weighted by molar-refractivity contribution is -0.400. The highest BCUT2D eigenvalue weighted by atomic mass is 35.5. The average Bonchev–Trinajstić information content (AvgIpc) is 2.75. The number of phenolic OH excluding ortho intramolecular Hbond substituents is 1. The van der Waals surface area contributed by atoms with Crippen LogP contribution in [0.25, 0.3) is 0 Å². The Kier molecular flexibility index (Phi) is 4.10. The van der Waals surface area contributed by atoms with Gasteiger partial charge in [-0.25, -0.2) is 0 Å². The van der Waals surface area contributed by atoms with Gasteiger partial charge >= 0.3 is 0 Å². The molecule has 1 N–H and O–H groups in total. The molecule has 0 saturated heterocycles. The predicted octanol–water partition coefficient (Wildman–Crippen LogP) is 4.17. The highest BCUT2D eigenvalue weighted by Crippen LogP contribution is 2.38. The number of fused-ring (bicyclic) bond motifs is 1. The lowest BCUT2D eigenvalue weighted by Gasteiger charge is -2.16. The van der Waals surface area contributed by atoms with E-state index in [1.54, 1.807) is 23.2 Å². The summed E-state index contributed by atoms with van der Waals surface area (Å²) in [5.74, 6) is 0.0688. The van der Waals surface area contributed by atoms with E-state index in [0.717, 1.165) is 11.4 Å². The van der Waals surface area contributed by atoms with Crippen molar-refractivity contribution < 1.29 is 9.68 Å². The number of nitrogens with zero attached hydrogens (tertiary/aromatic N) is 3. The Morgan fingerprint density at radius 2 is 1.92 bits per heavy atom. The van der Waals surface area contributed by atoms with Crippen LogP contribution in [0.4, 0.5) is 11.4 Å². The van der Waals surface area contributed by atoms with Gasteiger partial charge in [0.1, 0.15) is 19.0 Å². The van der Waals surface area contributed by atoms with Crippen molar-refractivity contribution in [2.24, 2.45) is 5.10 Å². The molecule has 0 radical (unpaired) electrons. The lowest BCUT2D eigenvalue weighted by Crippen LogP contribution is -2.30. The van der Waals surface area contributed by atoms with E-state index in [4.69, 9.17) is 11.6 Å². The van der Waals surface area contributed by atoms with Crippen molar-refractivity contribution in [2.75, 3.05) is 19.1 Å². The summed E-state index contributed by atoms with van der Waals surface area (Å²) in [6.07, 6.45) is 1.89. The summed E-state index contributed by atoms with van der Waals surface area (Å²) in [6, 6.07) is 13.4. The van der Waals surface area contributed by atoms with E-state index in [0.29, 0.717) is 5.02 Å². The molecule has 124 valence electrons. The molecule has 0 fully saturated rings. The normalized spacial score (nSPS) is 15.9. The van der Waals surface area contributed by atoms with Crippen LogP contribution in [0, 0.1) is 0 Å². The first-order chi connectivity index (χ1) is 11.3. The predicted molar refractivity (Wildman–Crippen MR) is 100 cm³/mol. The summed E-state index contributed by atoms with van der Waals surface area (Å²) in [5, 5.41) is 16.2. The molecule has 0 atom stereocenters. The highest BCUT2D eigenvalue weighted by Gasteiger charge is 2.43. The zero-order chi connectivity index (χ0) is 17.5. The average molecular weight is 343 g/mol. The van der Waals surface area contributed by atoms with Crippen molar-refractivity contribution in [3.63, 3.8) is 0 Å². The number of para-hydroxylation sites is 1. The smallest absolute Gasteiger partial charge is 0.212 e. The molecule has 3 rings (SSSR count). The van der Waals surface area contributed by atoms with E-state index in [1.165, 1.54) is 11.3 Å². The Labute approximate surface area is 147 Å². The number of rotatable bonds is 3. The summed E-state index contributed by atoms with van der Waals surface area (Å²) >= 11 is 5.97. The maximum atomic E-state index is 9.53. The standard InChI is InChI=1S/C19H20ClN3O/c1-19(2)14-7-5-6-8-16(14)22(3)18(19)12-21-23(4)13-9-10-17(24)15(20)11-13/h5-12H,1-4H3/p+1. The van der Waals surface area contributed by atoms with E-state index in [2.05, 4.69) is 54.8 Å². The number of hydrazone groups is 1. The summed E-state index contributed by atoms with van der Waals surface area (Å²) in [6.45, 7) is 4.40. The molecule has 0 bridgehead atoms. The molecule has 1 heterocycles. The molecule has 0 saturated carbocycles. The van der Waals surface area contributed by atoms with Crippen LogP contribution >= 0.6 is 11.6 Å². The number of halogens is 1. The van der Waals surface area contributed by atoms with Gasteiger partial charge in [-0.3, -0.25) is 5.01 Å². The molecule has 2 aromatic rings. The van der Waals surface area contributed by atoms with Gasteiger partial charge < -0.3 is 5.11 Å². The topological polar surface area (TPSA) is 38.8 Å². The van der Waals surface area contributed by atoms with E-state index in [-0.39, 0.29) is 11.2 Å². The molecule has 0 unspecified atom stereocenters. The summed E-state index contributed by atoms with van der Waals surface area (Å²) in [7, 11) is 3.92. The maximum Gasteiger partial charge on any atom is 0.212 e. The zero-order valence-electron chi connectivity index (χ0n) is 14.3. The van der Waals surface area contributed by atoms with E-state index < -0.39 is 0 Å². The van der Waals surface area contributed by atoms with Crippen LogP contribution in [0.1, 0.15) is 19.4 Å². The van der Waals surface area contributed by atoms with Gasteiger partial charge in [0.05, 0.1) is 16.1 Å². The molecule has 1 aliphatic rings. The number of hydrogen-bond acceptors (Lipinski definition) is 3. The van der Waals surface area contributed by atoms with E-state index >= 15 is 0 Å². The molecule has 24 heavy (non-hydrogen) atoms. The van der Waals surface area contributed by atoms with Crippen molar-refractivity contribution in [2.45, 2.75) is 19.3 Å². The molecule has 0 spiro atoms. The fraction of sp³-hybridized carbons (Fsp3) is 0.263. The van der Waals surface area contributed by atoms with Gasteiger partial charge in [0.2, 0.25) is 11.4 Å². The maximum absolute atomic E-state index is 9.53. The molecule has 2 aromatic carbocycles. The van der Waals surface area contributed by atoms with E-state index in [9.17, 15) is 5.11 Å². The summed E-state index contributed by atoms with van der Waals surface area (Å²) < 4.78 is 2.18. The largest absolute Gasteiger partial charge is 0.506 e. The first-order valence-corrected chi connectivity index (χ1v) is 8.17. The molecule has 5 heteroatoms. The second-order valence-corrected chi connectivity index (χ2v) is 6.90. The Hall–Kier alpha value is -2.33. The molecule has 0 aromatic heterocycles. The molecule has 1 aliphatic heterocycles. The molecular weight excluding hydrogens is 322 g/mol. The first-order valence-electron chi connectivity index (χ1n) is 7.79. The monoisotopic (exact) mass is 342 g/mol. The van der Waals surface area contributed by atoms with Crippen LogP contribution in [-0.2, 0) is 5.41 Å². The molecular formula is C19H21ClN3O+. The number of anilines is 1. The van der Waals surface area contributed by atoms with Gasteiger partial charge in [0.25, 0.3) is 0 Å². The second kappa shape index (κ2) is 5.95. The van der Waals surface area contributed by atoms with Crippen molar-refractivity contribution in [1.29, 1.82) is 0 Å². The zero-order valence-corrected chi connectivity index (χ0v) is 15.0. The Balaban J connectivity index is 1.92. The van der Waals surface area contributed by atoms with Crippen molar-refractivity contribution in [1.82, 2.24) is 0 Å². The SMILES string of the molecule is CN(N=CC1=[N+](C)c2ccccc2C1(C)C)c1ccc(O)c(Cl)c1. The minimum atomic E-state index is -0.109. The van der Waals surface area contributed by atoms with Crippen molar-refractivity contribution in [3.05, 3.63) is 53.1 Å². The number of hydrogen-bond donors (Lipinski definition) is 1. The lowest BCUT2D eigenvalue weighted by atomic mass is 9.82. The van der Waals surface area contributed by atoms with Crippen LogP contribution in [0.3, 0.4) is 0 Å². The van der Waals surface area contributed by atoms with Gasteiger partial charge in [0, 0.05) is 18.7 Å². The van der Waals surface area contributed by atoms with Gasteiger partial charge in [-0.2, -0.15) is 9.68 Å². The Morgan fingerprint density at radius 1 is 1.21 bits per heavy atom. The Morgan fingerprint density at radius 3 is 2.58 bits per heavy atom. The van der Waals surface area contributed by atoms with Crippen molar-refractivity contribution in [3.8, 4) is 5.75 Å². The minimum Gasteiger partial charge on any atom is -0.506 e. The number of benzene rings is 2. The van der Waals surface area contributed by atoms with Crippen LogP contribution in [0.5, 0.6) is 5.75 Å². The van der Waals surface area contributed by atoms with Gasteiger partial charge in [-0.05, 0) is 32.0 Å². The summed E-state index contributed by atoms with van der Waals surface area (Å²) in [5.41, 5.74) is 4.33. The fourth-order valence-corrected chi connectivity index (χ4v) is 3.31. The third-order valence-electron chi connectivity index (χ3n) is 4.60. The fourth-order valence-electron chi connectivity index (χ4n) is 3.13. The van der Waals surface area contributed by atoms with Crippen LogP contribution < -0.4 is 5.01 Å². The van der Waals surface area contributed by atoms with Gasteiger partial charge in [-0.15, -0.1) is 0 Å². The van der Waals surface area contributed by atoms with Crippen LogP contribution in [-0.4, -0.2) is 35.7 Å². The number of phenols is 1. The molecule has 0 aliphatic carbocycles. The van der Waals surface area contributed by atoms with Gasteiger partial charge in [-0.1, -0.05) is 29.8 Å². The third kappa shape index (κ3) is 2.67. The quantitative estimate of drug-likeness (QED) is 0.516. The van der Waals surface area contributed by atoms with Crippen LogP contribution in [0.2, 0.25) is 5.02 Å². The first kappa shape index (κ1) is 16.5. The third-order valence-corrected chi connectivity index (χ3v) is 4.90. The van der Waals surface area contributed by atoms with Crippen LogP contribution in [0.15, 0.2) is 47.6 Å². The summed E-state index contributed by atoms with van der Waals surface area (Å²) in [4.78, 5) is 0. The Bertz CT molecular complexity index is 855. The highest BCUT2D eigenvalue weighted by molar-refractivity contribution is 6.33. The van der Waals surface area contributed by atoms with Gasteiger partial charge in [0.15, 0.2) is 0 Å². The van der Waals surface area contributed by atoms with E-state index in [1.807, 2.05) is 13.3 Å². The number of aromatic hydroxyl groups is 1. The molecule has 4 nitrogen and oxygen atoms in total. The second-order valence-electron chi connectivity index (χ2n) is 6.49. The minimum absolute atomic E-state index is 0.0688.